The summed E-state index contributed by atoms with van der Waals surface area (Å²) in [5.41, 5.74) is 0. The lowest BCUT2D eigenvalue weighted by atomic mass is 9.84. The molecule has 2 heterocycles. The number of carbonyl (C=O) groups is 1. The summed E-state index contributed by atoms with van der Waals surface area (Å²) in [7, 11) is 2.14. The second-order valence-corrected chi connectivity index (χ2v) is 4.00. The van der Waals surface area contributed by atoms with E-state index in [-0.39, 0.29) is 5.92 Å². The van der Waals surface area contributed by atoms with Crippen LogP contribution in [0, 0.1) is 5.92 Å². The van der Waals surface area contributed by atoms with Crippen molar-refractivity contribution in [1.29, 1.82) is 0 Å². The van der Waals surface area contributed by atoms with Crippen LogP contribution in [0.3, 0.4) is 0 Å². The molecular weight excluding hydrogens is 152 g/mol. The zero-order valence-corrected chi connectivity index (χ0v) is 7.71. The Labute approximate surface area is 73.1 Å². The largest absolute Gasteiger partial charge is 0.314 e. The maximum atomic E-state index is 11.5. The summed E-state index contributed by atoms with van der Waals surface area (Å²) in [6.07, 6.45) is 0.737. The summed E-state index contributed by atoms with van der Waals surface area (Å²) in [6, 6.07) is 0.887. The lowest BCUT2D eigenvalue weighted by molar-refractivity contribution is -0.131. The third-order valence-electron chi connectivity index (χ3n) is 3.35. The molecule has 0 saturated carbocycles. The average Bonchev–Trinajstić information content (AvgIpc) is 2.04. The van der Waals surface area contributed by atoms with Crippen molar-refractivity contribution in [2.45, 2.75) is 25.4 Å². The first kappa shape index (κ1) is 8.20. The predicted octanol–water partition coefficient (Wildman–Crippen LogP) is -0.132. The van der Waals surface area contributed by atoms with Gasteiger partial charge in [-0.2, -0.15) is 0 Å². The van der Waals surface area contributed by atoms with Gasteiger partial charge in [-0.05, 0) is 7.05 Å². The Bertz CT molecular complexity index is 205. The summed E-state index contributed by atoms with van der Waals surface area (Å²) in [4.78, 5) is 13.9. The second kappa shape index (κ2) is 2.82. The average molecular weight is 168 g/mol. The quantitative estimate of drug-likeness (QED) is 0.547. The summed E-state index contributed by atoms with van der Waals surface area (Å²) in [5.74, 6) is 0.670. The summed E-state index contributed by atoms with van der Waals surface area (Å²) >= 11 is 0. The molecule has 0 aliphatic carbocycles. The van der Waals surface area contributed by atoms with Crippen LogP contribution in [-0.4, -0.2) is 42.9 Å². The van der Waals surface area contributed by atoms with E-state index in [9.17, 15) is 4.79 Å². The third kappa shape index (κ3) is 1.08. The van der Waals surface area contributed by atoms with Gasteiger partial charge in [0, 0.05) is 37.5 Å². The van der Waals surface area contributed by atoms with Crippen molar-refractivity contribution in [3.8, 4) is 0 Å². The van der Waals surface area contributed by atoms with Crippen LogP contribution in [0.25, 0.3) is 0 Å². The van der Waals surface area contributed by atoms with Gasteiger partial charge in [-0.1, -0.05) is 6.92 Å². The number of hydrogen-bond acceptors (Lipinski definition) is 3. The molecule has 2 saturated heterocycles. The molecule has 0 aromatic heterocycles. The Morgan fingerprint density at radius 2 is 2.25 bits per heavy atom. The first-order valence-corrected chi connectivity index (χ1v) is 4.65. The number of hydrogen-bond donors (Lipinski definition) is 1. The van der Waals surface area contributed by atoms with E-state index in [1.54, 1.807) is 0 Å². The van der Waals surface area contributed by atoms with E-state index in [0.717, 1.165) is 19.5 Å². The van der Waals surface area contributed by atoms with Crippen molar-refractivity contribution >= 4 is 5.78 Å². The molecule has 2 fully saturated rings. The molecule has 3 unspecified atom stereocenters. The lowest BCUT2D eigenvalue weighted by Gasteiger charge is -2.46. The minimum absolute atomic E-state index is 0.221. The minimum Gasteiger partial charge on any atom is -0.314 e. The molecule has 68 valence electrons. The zero-order chi connectivity index (χ0) is 8.72. The van der Waals surface area contributed by atoms with Gasteiger partial charge in [-0.15, -0.1) is 0 Å². The molecule has 2 rings (SSSR count). The number of piperidine rings is 1. The second-order valence-electron chi connectivity index (χ2n) is 4.00. The fourth-order valence-corrected chi connectivity index (χ4v) is 2.33. The first-order valence-electron chi connectivity index (χ1n) is 4.65. The third-order valence-corrected chi connectivity index (χ3v) is 3.35. The SMILES string of the molecule is CC1C(=O)CC2CNCC1N2C. The van der Waals surface area contributed by atoms with Crippen LogP contribution >= 0.6 is 0 Å². The molecule has 3 nitrogen and oxygen atoms in total. The standard InChI is InChI=1S/C9H16N2O/c1-6-8-5-10-4-7(11(8)2)3-9(6)12/h6-8,10H,3-5H2,1-2H3. The topological polar surface area (TPSA) is 32.3 Å². The molecule has 2 bridgehead atoms. The normalized spacial score (nSPS) is 43.2. The van der Waals surface area contributed by atoms with E-state index < -0.39 is 0 Å². The Balaban J connectivity index is 2.19. The molecule has 0 aromatic rings. The summed E-state index contributed by atoms with van der Waals surface area (Å²) in [5, 5.41) is 3.37. The van der Waals surface area contributed by atoms with Crippen molar-refractivity contribution < 1.29 is 4.79 Å². The number of nitrogens with zero attached hydrogens (tertiary/aromatic N) is 1. The highest BCUT2D eigenvalue weighted by Crippen LogP contribution is 2.25. The molecule has 3 heteroatoms. The molecule has 3 atom stereocenters. The van der Waals surface area contributed by atoms with E-state index in [1.807, 2.05) is 6.92 Å². The Morgan fingerprint density at radius 3 is 3.00 bits per heavy atom. The molecule has 1 N–H and O–H groups in total. The van der Waals surface area contributed by atoms with Gasteiger partial charge in [0.1, 0.15) is 5.78 Å². The van der Waals surface area contributed by atoms with Crippen LogP contribution < -0.4 is 5.32 Å². The Kier molecular flexibility index (Phi) is 1.93. The molecule has 12 heavy (non-hydrogen) atoms. The number of piperazine rings is 1. The number of Topliss-reactive ketones (excluding diaryl/α,β-unsaturated/α-hetero) is 1. The maximum absolute atomic E-state index is 11.5. The van der Waals surface area contributed by atoms with Crippen molar-refractivity contribution in [2.24, 2.45) is 5.92 Å². The van der Waals surface area contributed by atoms with Crippen LogP contribution in [-0.2, 0) is 4.79 Å². The van der Waals surface area contributed by atoms with Crippen LogP contribution in [0.4, 0.5) is 0 Å². The number of nitrogens with one attached hydrogen (secondary N) is 1. The Hall–Kier alpha value is -0.410. The van der Waals surface area contributed by atoms with E-state index in [4.69, 9.17) is 0 Å². The van der Waals surface area contributed by atoms with Gasteiger partial charge in [0.05, 0.1) is 0 Å². The number of fused-ring (bicyclic) bond motifs is 2. The van der Waals surface area contributed by atoms with E-state index in [1.165, 1.54) is 0 Å². The number of rotatable bonds is 0. The highest BCUT2D eigenvalue weighted by atomic mass is 16.1. The highest BCUT2D eigenvalue weighted by molar-refractivity contribution is 5.83. The fourth-order valence-electron chi connectivity index (χ4n) is 2.33. The van der Waals surface area contributed by atoms with E-state index >= 15 is 0 Å². The summed E-state index contributed by atoms with van der Waals surface area (Å²) in [6.45, 7) is 4.00. The molecule has 0 aromatic carbocycles. The molecule has 0 radical (unpaired) electrons. The van der Waals surface area contributed by atoms with Crippen LogP contribution in [0.15, 0.2) is 0 Å². The zero-order valence-electron chi connectivity index (χ0n) is 7.71. The molecular formula is C9H16N2O. The molecule has 2 aliphatic heterocycles. The fraction of sp³-hybridized carbons (Fsp3) is 0.889. The monoisotopic (exact) mass is 168 g/mol. The van der Waals surface area contributed by atoms with Gasteiger partial charge < -0.3 is 5.32 Å². The minimum atomic E-state index is 0.221. The van der Waals surface area contributed by atoms with Crippen molar-refractivity contribution in [3.05, 3.63) is 0 Å². The van der Waals surface area contributed by atoms with Crippen LogP contribution in [0.2, 0.25) is 0 Å². The predicted molar refractivity (Wildman–Crippen MR) is 47.0 cm³/mol. The molecule has 0 spiro atoms. The van der Waals surface area contributed by atoms with Crippen molar-refractivity contribution in [1.82, 2.24) is 10.2 Å². The number of ketones is 1. The summed E-state index contributed by atoms with van der Waals surface area (Å²) < 4.78 is 0. The molecule has 2 aliphatic rings. The highest BCUT2D eigenvalue weighted by Gasteiger charge is 2.39. The van der Waals surface area contributed by atoms with Crippen molar-refractivity contribution in [2.75, 3.05) is 20.1 Å². The number of carbonyl (C=O) groups excluding carboxylic acids is 1. The van der Waals surface area contributed by atoms with Gasteiger partial charge in [-0.25, -0.2) is 0 Å². The van der Waals surface area contributed by atoms with Gasteiger partial charge in [0.2, 0.25) is 0 Å². The van der Waals surface area contributed by atoms with E-state index in [0.29, 0.717) is 17.9 Å². The van der Waals surface area contributed by atoms with Gasteiger partial charge >= 0.3 is 0 Å². The molecule has 0 amide bonds. The lowest BCUT2D eigenvalue weighted by Crippen LogP contribution is -2.63. The number of likely N-dealkylation sites (N-methyl/N-ethyl adjacent to an activating group) is 1. The van der Waals surface area contributed by atoms with Crippen LogP contribution in [0.1, 0.15) is 13.3 Å². The van der Waals surface area contributed by atoms with Crippen molar-refractivity contribution in [3.63, 3.8) is 0 Å². The first-order chi connectivity index (χ1) is 5.70. The van der Waals surface area contributed by atoms with Gasteiger partial charge in [0.25, 0.3) is 0 Å². The van der Waals surface area contributed by atoms with Crippen LogP contribution in [0.5, 0.6) is 0 Å². The Morgan fingerprint density at radius 1 is 1.50 bits per heavy atom. The van der Waals surface area contributed by atoms with E-state index in [2.05, 4.69) is 17.3 Å². The van der Waals surface area contributed by atoms with Gasteiger partial charge in [-0.3, -0.25) is 9.69 Å². The maximum Gasteiger partial charge on any atom is 0.138 e. The smallest absolute Gasteiger partial charge is 0.138 e. The van der Waals surface area contributed by atoms with Gasteiger partial charge in [0.15, 0.2) is 0 Å².